The summed E-state index contributed by atoms with van der Waals surface area (Å²) in [6.07, 6.45) is 0.861. The number of amides is 1. The Balaban J connectivity index is 2.26. The van der Waals surface area contributed by atoms with E-state index in [0.717, 1.165) is 27.8 Å². The molecule has 19 heavy (non-hydrogen) atoms. The number of anilines is 1. The molecule has 5 heteroatoms. The van der Waals surface area contributed by atoms with Gasteiger partial charge in [0.25, 0.3) is 5.91 Å². The van der Waals surface area contributed by atoms with Crippen LogP contribution in [-0.4, -0.2) is 15.7 Å². The lowest BCUT2D eigenvalue weighted by Crippen LogP contribution is -2.17. The molecule has 0 aliphatic carbocycles. The second-order valence-electron chi connectivity index (χ2n) is 4.40. The van der Waals surface area contributed by atoms with E-state index in [1.54, 1.807) is 17.8 Å². The quantitative estimate of drug-likeness (QED) is 0.942. The van der Waals surface area contributed by atoms with Gasteiger partial charge in [-0.2, -0.15) is 5.10 Å². The summed E-state index contributed by atoms with van der Waals surface area (Å²) in [6.45, 7) is 3.93. The molecule has 0 atom stereocenters. The first-order valence-electron chi connectivity index (χ1n) is 6.11. The number of rotatable bonds is 3. The fourth-order valence-corrected chi connectivity index (χ4v) is 2.39. The average molecular weight is 322 g/mol. The first kappa shape index (κ1) is 13.8. The SMILES string of the molecule is CCc1cc(Br)ccc1NC(=O)c1cc(C)nn1C. The fourth-order valence-electron chi connectivity index (χ4n) is 1.99. The molecule has 2 rings (SSSR count). The van der Waals surface area contributed by atoms with E-state index in [1.807, 2.05) is 25.1 Å². The lowest BCUT2D eigenvalue weighted by Gasteiger charge is -2.10. The van der Waals surface area contributed by atoms with E-state index in [9.17, 15) is 4.79 Å². The zero-order valence-electron chi connectivity index (χ0n) is 11.2. The molecule has 2 aromatic rings. The standard InChI is InChI=1S/C14H16BrN3O/c1-4-10-8-11(15)5-6-12(10)16-14(19)13-7-9(2)17-18(13)3/h5-8H,4H2,1-3H3,(H,16,19). The number of aryl methyl sites for hydroxylation is 3. The van der Waals surface area contributed by atoms with E-state index >= 15 is 0 Å². The van der Waals surface area contributed by atoms with Crippen LogP contribution in [0.1, 0.15) is 28.7 Å². The van der Waals surface area contributed by atoms with Gasteiger partial charge in [-0.05, 0) is 43.2 Å². The molecule has 0 spiro atoms. The van der Waals surface area contributed by atoms with Crippen molar-refractivity contribution in [3.63, 3.8) is 0 Å². The highest BCUT2D eigenvalue weighted by molar-refractivity contribution is 9.10. The highest BCUT2D eigenvalue weighted by atomic mass is 79.9. The Kier molecular flexibility index (Phi) is 4.04. The molecule has 1 amide bonds. The predicted octanol–water partition coefficient (Wildman–Crippen LogP) is 3.31. The molecular weight excluding hydrogens is 306 g/mol. The van der Waals surface area contributed by atoms with Crippen molar-refractivity contribution in [2.45, 2.75) is 20.3 Å². The minimum atomic E-state index is -0.139. The Bertz CT molecular complexity index is 619. The third kappa shape index (κ3) is 3.04. The van der Waals surface area contributed by atoms with Gasteiger partial charge >= 0.3 is 0 Å². The lowest BCUT2D eigenvalue weighted by atomic mass is 10.1. The number of aromatic nitrogens is 2. The molecule has 1 N–H and O–H groups in total. The summed E-state index contributed by atoms with van der Waals surface area (Å²) < 4.78 is 2.61. The predicted molar refractivity (Wildman–Crippen MR) is 79.4 cm³/mol. The molecule has 1 heterocycles. The molecule has 1 aromatic heterocycles. The Morgan fingerprint density at radius 2 is 2.16 bits per heavy atom. The van der Waals surface area contributed by atoms with Gasteiger partial charge in [-0.3, -0.25) is 9.48 Å². The molecule has 0 saturated heterocycles. The molecule has 0 radical (unpaired) electrons. The smallest absolute Gasteiger partial charge is 0.273 e. The number of carbonyl (C=O) groups is 1. The van der Waals surface area contributed by atoms with Gasteiger partial charge in [0.05, 0.1) is 5.69 Å². The molecule has 0 unspecified atom stereocenters. The molecule has 100 valence electrons. The number of carbonyl (C=O) groups excluding carboxylic acids is 1. The van der Waals surface area contributed by atoms with E-state index in [2.05, 4.69) is 33.3 Å². The van der Waals surface area contributed by atoms with Gasteiger partial charge in [0.2, 0.25) is 0 Å². The van der Waals surface area contributed by atoms with Crippen LogP contribution < -0.4 is 5.32 Å². The number of nitrogens with one attached hydrogen (secondary N) is 1. The first-order chi connectivity index (χ1) is 9.01. The topological polar surface area (TPSA) is 46.9 Å². The van der Waals surface area contributed by atoms with Crippen LogP contribution in [0.4, 0.5) is 5.69 Å². The van der Waals surface area contributed by atoms with Crippen molar-refractivity contribution < 1.29 is 4.79 Å². The van der Waals surface area contributed by atoms with Crippen LogP contribution in [0, 0.1) is 6.92 Å². The van der Waals surface area contributed by atoms with Gasteiger partial charge < -0.3 is 5.32 Å². The molecule has 0 saturated carbocycles. The normalized spacial score (nSPS) is 10.5. The van der Waals surface area contributed by atoms with Crippen LogP contribution >= 0.6 is 15.9 Å². The summed E-state index contributed by atoms with van der Waals surface area (Å²) in [6, 6.07) is 7.62. The third-order valence-corrected chi connectivity index (χ3v) is 3.42. The number of halogens is 1. The van der Waals surface area contributed by atoms with Gasteiger partial charge in [0.1, 0.15) is 5.69 Å². The number of hydrogen-bond acceptors (Lipinski definition) is 2. The van der Waals surface area contributed by atoms with Crippen molar-refractivity contribution in [2.24, 2.45) is 7.05 Å². The Morgan fingerprint density at radius 3 is 2.74 bits per heavy atom. The maximum atomic E-state index is 12.2. The number of benzene rings is 1. The van der Waals surface area contributed by atoms with Crippen LogP contribution in [0.25, 0.3) is 0 Å². The zero-order valence-corrected chi connectivity index (χ0v) is 12.8. The Morgan fingerprint density at radius 1 is 1.42 bits per heavy atom. The van der Waals surface area contributed by atoms with Crippen LogP contribution in [0.2, 0.25) is 0 Å². The van der Waals surface area contributed by atoms with Gasteiger partial charge in [0, 0.05) is 17.2 Å². The maximum absolute atomic E-state index is 12.2. The van der Waals surface area contributed by atoms with E-state index in [0.29, 0.717) is 5.69 Å². The molecule has 0 fully saturated rings. The minimum Gasteiger partial charge on any atom is -0.320 e. The van der Waals surface area contributed by atoms with Crippen molar-refractivity contribution in [2.75, 3.05) is 5.32 Å². The highest BCUT2D eigenvalue weighted by Gasteiger charge is 2.13. The van der Waals surface area contributed by atoms with E-state index < -0.39 is 0 Å². The van der Waals surface area contributed by atoms with Gasteiger partial charge in [-0.25, -0.2) is 0 Å². The molecule has 1 aromatic carbocycles. The molecule has 0 bridgehead atoms. The number of hydrogen-bond donors (Lipinski definition) is 1. The van der Waals surface area contributed by atoms with Gasteiger partial charge in [-0.15, -0.1) is 0 Å². The summed E-state index contributed by atoms with van der Waals surface area (Å²) in [7, 11) is 1.77. The molecule has 0 aliphatic heterocycles. The molecule has 0 aliphatic rings. The summed E-state index contributed by atoms with van der Waals surface area (Å²) in [5.41, 5.74) is 3.33. The monoisotopic (exact) mass is 321 g/mol. The van der Waals surface area contributed by atoms with Crippen LogP contribution in [0.5, 0.6) is 0 Å². The Labute approximate surface area is 120 Å². The van der Waals surface area contributed by atoms with Crippen LogP contribution in [0.15, 0.2) is 28.7 Å². The lowest BCUT2D eigenvalue weighted by molar-refractivity contribution is 0.101. The van der Waals surface area contributed by atoms with Crippen molar-refractivity contribution in [3.05, 3.63) is 45.7 Å². The van der Waals surface area contributed by atoms with Gasteiger partial charge in [-0.1, -0.05) is 22.9 Å². The van der Waals surface area contributed by atoms with Crippen molar-refractivity contribution in [1.29, 1.82) is 0 Å². The largest absolute Gasteiger partial charge is 0.320 e. The van der Waals surface area contributed by atoms with E-state index in [4.69, 9.17) is 0 Å². The van der Waals surface area contributed by atoms with E-state index in [-0.39, 0.29) is 5.91 Å². The second-order valence-corrected chi connectivity index (χ2v) is 5.32. The Hall–Kier alpha value is -1.62. The van der Waals surface area contributed by atoms with Crippen molar-refractivity contribution in [1.82, 2.24) is 9.78 Å². The second kappa shape index (κ2) is 5.57. The molecule has 4 nitrogen and oxygen atoms in total. The van der Waals surface area contributed by atoms with Crippen LogP contribution in [0.3, 0.4) is 0 Å². The minimum absolute atomic E-state index is 0.139. The zero-order chi connectivity index (χ0) is 14.0. The summed E-state index contributed by atoms with van der Waals surface area (Å²) in [4.78, 5) is 12.2. The highest BCUT2D eigenvalue weighted by Crippen LogP contribution is 2.22. The van der Waals surface area contributed by atoms with Crippen molar-refractivity contribution >= 4 is 27.5 Å². The molecular formula is C14H16BrN3O. The third-order valence-electron chi connectivity index (χ3n) is 2.93. The maximum Gasteiger partial charge on any atom is 0.273 e. The number of nitrogens with zero attached hydrogens (tertiary/aromatic N) is 2. The summed E-state index contributed by atoms with van der Waals surface area (Å²) >= 11 is 3.44. The van der Waals surface area contributed by atoms with Gasteiger partial charge in [0.15, 0.2) is 0 Å². The van der Waals surface area contributed by atoms with Crippen LogP contribution in [-0.2, 0) is 13.5 Å². The average Bonchev–Trinajstić information content (AvgIpc) is 2.70. The van der Waals surface area contributed by atoms with E-state index in [1.165, 1.54) is 0 Å². The van der Waals surface area contributed by atoms with Crippen molar-refractivity contribution in [3.8, 4) is 0 Å². The summed E-state index contributed by atoms with van der Waals surface area (Å²) in [5.74, 6) is -0.139. The fraction of sp³-hybridized carbons (Fsp3) is 0.286. The summed E-state index contributed by atoms with van der Waals surface area (Å²) in [5, 5.41) is 7.12. The first-order valence-corrected chi connectivity index (χ1v) is 6.91.